The van der Waals surface area contributed by atoms with Crippen LogP contribution in [0.4, 0.5) is 0 Å². The molecule has 2 atom stereocenters. The van der Waals surface area contributed by atoms with Crippen LogP contribution in [0.2, 0.25) is 0 Å². The molecule has 1 saturated heterocycles. The van der Waals surface area contributed by atoms with Crippen molar-refractivity contribution < 1.29 is 5.11 Å². The van der Waals surface area contributed by atoms with E-state index in [9.17, 15) is 5.11 Å². The first-order chi connectivity index (χ1) is 9.25. The minimum atomic E-state index is -0.142. The van der Waals surface area contributed by atoms with Crippen LogP contribution in [0, 0.1) is 5.92 Å². The summed E-state index contributed by atoms with van der Waals surface area (Å²) >= 11 is 0. The van der Waals surface area contributed by atoms with Gasteiger partial charge in [0.15, 0.2) is 0 Å². The fourth-order valence-corrected chi connectivity index (χ4v) is 3.66. The van der Waals surface area contributed by atoms with Crippen LogP contribution < -0.4 is 5.32 Å². The molecule has 0 amide bonds. The van der Waals surface area contributed by atoms with Gasteiger partial charge in [0, 0.05) is 19.1 Å². The second-order valence-corrected chi connectivity index (χ2v) is 6.64. The van der Waals surface area contributed by atoms with Crippen LogP contribution in [0.3, 0.4) is 0 Å². The minimum Gasteiger partial charge on any atom is -0.392 e. The molecule has 1 saturated carbocycles. The van der Waals surface area contributed by atoms with Crippen molar-refractivity contribution in [3.8, 4) is 0 Å². The smallest absolute Gasteiger partial charge is 0.0667 e. The normalized spacial score (nSPS) is 25.6. The molecule has 2 N–H and O–H groups in total. The molecule has 2 unspecified atom stereocenters. The van der Waals surface area contributed by atoms with Crippen molar-refractivity contribution in [2.75, 3.05) is 26.2 Å². The first-order valence-corrected chi connectivity index (χ1v) is 8.38. The Morgan fingerprint density at radius 2 is 1.74 bits per heavy atom. The summed E-state index contributed by atoms with van der Waals surface area (Å²) in [5, 5.41) is 13.5. The second kappa shape index (κ2) is 8.23. The molecular weight excluding hydrogens is 236 g/mol. The topological polar surface area (TPSA) is 35.5 Å². The summed E-state index contributed by atoms with van der Waals surface area (Å²) < 4.78 is 0. The lowest BCUT2D eigenvalue weighted by molar-refractivity contribution is 0.131. The highest BCUT2D eigenvalue weighted by Gasteiger charge is 2.19. The molecule has 2 rings (SSSR count). The van der Waals surface area contributed by atoms with Gasteiger partial charge in [-0.1, -0.05) is 32.1 Å². The molecule has 1 aliphatic carbocycles. The largest absolute Gasteiger partial charge is 0.392 e. The van der Waals surface area contributed by atoms with Crippen molar-refractivity contribution in [2.45, 2.75) is 70.4 Å². The highest BCUT2D eigenvalue weighted by Crippen LogP contribution is 2.28. The van der Waals surface area contributed by atoms with Gasteiger partial charge in [0.05, 0.1) is 6.10 Å². The lowest BCUT2D eigenvalue weighted by Gasteiger charge is -2.32. The maximum absolute atomic E-state index is 10.1. The predicted octanol–water partition coefficient (Wildman–Crippen LogP) is 2.39. The standard InChI is InChI=1S/C16H32N2O/c1-14(18-9-5-2-6-10-18)12-17-13-16(19)11-15-7-3-4-8-15/h14-17,19H,2-13H2,1H3. The second-order valence-electron chi connectivity index (χ2n) is 6.64. The molecule has 0 aromatic heterocycles. The average Bonchev–Trinajstić information content (AvgIpc) is 2.92. The summed E-state index contributed by atoms with van der Waals surface area (Å²) in [4.78, 5) is 2.58. The van der Waals surface area contributed by atoms with Crippen molar-refractivity contribution in [1.82, 2.24) is 10.2 Å². The molecule has 3 heteroatoms. The van der Waals surface area contributed by atoms with Crippen LogP contribution in [0.1, 0.15) is 58.3 Å². The molecule has 0 aromatic carbocycles. The number of aliphatic hydroxyl groups is 1. The Morgan fingerprint density at radius 1 is 1.05 bits per heavy atom. The molecule has 0 spiro atoms. The molecule has 1 heterocycles. The Balaban J connectivity index is 1.54. The number of aliphatic hydroxyl groups excluding tert-OH is 1. The van der Waals surface area contributed by atoms with Gasteiger partial charge in [0.1, 0.15) is 0 Å². The van der Waals surface area contributed by atoms with E-state index in [0.717, 1.165) is 25.4 Å². The van der Waals surface area contributed by atoms with Crippen molar-refractivity contribution in [1.29, 1.82) is 0 Å². The number of rotatable bonds is 7. The van der Waals surface area contributed by atoms with Gasteiger partial charge in [0.2, 0.25) is 0 Å². The maximum atomic E-state index is 10.1. The molecule has 2 aliphatic rings. The quantitative estimate of drug-likeness (QED) is 0.744. The van der Waals surface area contributed by atoms with Crippen LogP contribution >= 0.6 is 0 Å². The van der Waals surface area contributed by atoms with Crippen LogP contribution in [0.15, 0.2) is 0 Å². The average molecular weight is 268 g/mol. The third-order valence-corrected chi connectivity index (χ3v) is 4.91. The van der Waals surface area contributed by atoms with Crippen LogP contribution in [0.25, 0.3) is 0 Å². The number of nitrogens with zero attached hydrogens (tertiary/aromatic N) is 1. The predicted molar refractivity (Wildman–Crippen MR) is 80.3 cm³/mol. The van der Waals surface area contributed by atoms with Gasteiger partial charge in [-0.25, -0.2) is 0 Å². The molecule has 0 bridgehead atoms. The number of likely N-dealkylation sites (tertiary alicyclic amines) is 1. The fraction of sp³-hybridized carbons (Fsp3) is 1.00. The number of piperidine rings is 1. The molecule has 112 valence electrons. The van der Waals surface area contributed by atoms with E-state index in [4.69, 9.17) is 0 Å². The molecular formula is C16H32N2O. The highest BCUT2D eigenvalue weighted by atomic mass is 16.3. The summed E-state index contributed by atoms with van der Waals surface area (Å²) in [5.41, 5.74) is 0. The Morgan fingerprint density at radius 3 is 2.42 bits per heavy atom. The van der Waals surface area contributed by atoms with Gasteiger partial charge in [-0.3, -0.25) is 4.90 Å². The summed E-state index contributed by atoms with van der Waals surface area (Å²) in [6.45, 7) is 6.61. The molecule has 2 fully saturated rings. The molecule has 0 radical (unpaired) electrons. The third kappa shape index (κ3) is 5.41. The van der Waals surface area contributed by atoms with Gasteiger partial charge in [0.25, 0.3) is 0 Å². The SMILES string of the molecule is CC(CNCC(O)CC1CCCC1)N1CCCCC1. The Bertz CT molecular complexity index is 235. The van der Waals surface area contributed by atoms with Gasteiger partial charge in [-0.15, -0.1) is 0 Å². The van der Waals surface area contributed by atoms with Crippen LogP contribution in [0.5, 0.6) is 0 Å². The first-order valence-electron chi connectivity index (χ1n) is 8.38. The molecule has 3 nitrogen and oxygen atoms in total. The van der Waals surface area contributed by atoms with E-state index in [2.05, 4.69) is 17.1 Å². The van der Waals surface area contributed by atoms with Crippen molar-refractivity contribution in [3.63, 3.8) is 0 Å². The Hall–Kier alpha value is -0.120. The number of hydrogen-bond donors (Lipinski definition) is 2. The zero-order valence-corrected chi connectivity index (χ0v) is 12.6. The zero-order valence-electron chi connectivity index (χ0n) is 12.6. The van der Waals surface area contributed by atoms with Gasteiger partial charge in [-0.05, 0) is 45.2 Å². The van der Waals surface area contributed by atoms with E-state index >= 15 is 0 Å². The van der Waals surface area contributed by atoms with E-state index in [1.807, 2.05) is 0 Å². The molecule has 19 heavy (non-hydrogen) atoms. The summed E-state index contributed by atoms with van der Waals surface area (Å²) in [7, 11) is 0. The fourth-order valence-electron chi connectivity index (χ4n) is 3.66. The number of hydrogen-bond acceptors (Lipinski definition) is 3. The Kier molecular flexibility index (Phi) is 6.62. The summed E-state index contributed by atoms with van der Waals surface area (Å²) in [5.74, 6) is 0.788. The van der Waals surface area contributed by atoms with E-state index in [0.29, 0.717) is 6.04 Å². The maximum Gasteiger partial charge on any atom is 0.0667 e. The summed E-state index contributed by atoms with van der Waals surface area (Å²) in [6.07, 6.45) is 10.4. The third-order valence-electron chi connectivity index (χ3n) is 4.91. The minimum absolute atomic E-state index is 0.142. The molecule has 0 aromatic rings. The van der Waals surface area contributed by atoms with Crippen LogP contribution in [-0.2, 0) is 0 Å². The van der Waals surface area contributed by atoms with Crippen LogP contribution in [-0.4, -0.2) is 48.3 Å². The number of nitrogens with one attached hydrogen (secondary N) is 1. The summed E-state index contributed by atoms with van der Waals surface area (Å²) in [6, 6.07) is 0.610. The van der Waals surface area contributed by atoms with E-state index in [1.54, 1.807) is 0 Å². The Labute approximate surface area is 118 Å². The highest BCUT2D eigenvalue weighted by molar-refractivity contribution is 4.75. The van der Waals surface area contributed by atoms with Gasteiger partial charge in [-0.2, -0.15) is 0 Å². The monoisotopic (exact) mass is 268 g/mol. The zero-order chi connectivity index (χ0) is 13.5. The van der Waals surface area contributed by atoms with Crippen molar-refractivity contribution in [3.05, 3.63) is 0 Å². The van der Waals surface area contributed by atoms with Gasteiger partial charge < -0.3 is 10.4 Å². The first kappa shape index (κ1) is 15.3. The van der Waals surface area contributed by atoms with E-state index in [1.165, 1.54) is 58.0 Å². The van der Waals surface area contributed by atoms with Gasteiger partial charge >= 0.3 is 0 Å². The van der Waals surface area contributed by atoms with Crippen molar-refractivity contribution in [2.24, 2.45) is 5.92 Å². The van der Waals surface area contributed by atoms with E-state index in [-0.39, 0.29) is 6.10 Å². The van der Waals surface area contributed by atoms with E-state index < -0.39 is 0 Å². The lowest BCUT2D eigenvalue weighted by atomic mass is 10.00. The lowest BCUT2D eigenvalue weighted by Crippen LogP contribution is -2.44. The molecule has 1 aliphatic heterocycles. The van der Waals surface area contributed by atoms with Crippen molar-refractivity contribution >= 4 is 0 Å².